The molecule has 1 nitrogen and oxygen atoms in total. The van der Waals surface area contributed by atoms with Crippen LogP contribution in [0.15, 0.2) is 28.7 Å². The monoisotopic (exact) mass is 293 g/mol. The Morgan fingerprint density at radius 1 is 1.12 bits per heavy atom. The van der Waals surface area contributed by atoms with E-state index in [1.807, 2.05) is 0 Å². The van der Waals surface area contributed by atoms with Crippen LogP contribution in [0.2, 0.25) is 0 Å². The number of benzene rings is 1. The van der Waals surface area contributed by atoms with Crippen molar-refractivity contribution in [3.05, 3.63) is 34.3 Å². The molecule has 1 aromatic rings. The molecule has 1 aromatic carbocycles. The number of hydrogen-bond donors (Lipinski definition) is 1. The minimum Gasteiger partial charge on any atom is -0.314 e. The molecule has 0 amide bonds. The van der Waals surface area contributed by atoms with Crippen molar-refractivity contribution in [3.8, 4) is 0 Å². The molecule has 0 aliphatic heterocycles. The summed E-state index contributed by atoms with van der Waals surface area (Å²) in [5.41, 5.74) is 1.51. The Morgan fingerprint density at radius 2 is 1.82 bits per heavy atom. The Labute approximate surface area is 112 Å². The molecule has 0 spiro atoms. The largest absolute Gasteiger partial charge is 0.314 e. The van der Waals surface area contributed by atoms with E-state index in [2.05, 4.69) is 45.5 Å². The molecule has 0 atom stereocenters. The summed E-state index contributed by atoms with van der Waals surface area (Å²) in [6.45, 7) is 1.26. The average molecular weight is 294 g/mol. The molecule has 92 valence electrons. The Hall–Kier alpha value is -0.340. The molecule has 0 aromatic heterocycles. The van der Waals surface area contributed by atoms with Crippen LogP contribution >= 0.6 is 15.9 Å². The number of nitrogens with one attached hydrogen (secondary N) is 1. The van der Waals surface area contributed by atoms with Crippen molar-refractivity contribution in [2.45, 2.75) is 44.1 Å². The van der Waals surface area contributed by atoms with Crippen LogP contribution < -0.4 is 5.32 Å². The molecule has 2 aliphatic rings. The van der Waals surface area contributed by atoms with Gasteiger partial charge >= 0.3 is 0 Å². The summed E-state index contributed by atoms with van der Waals surface area (Å²) in [5.74, 6) is 1.78. The van der Waals surface area contributed by atoms with E-state index in [1.54, 1.807) is 0 Å². The highest BCUT2D eigenvalue weighted by atomic mass is 79.9. The van der Waals surface area contributed by atoms with E-state index in [0.29, 0.717) is 0 Å². The van der Waals surface area contributed by atoms with Gasteiger partial charge in [0.1, 0.15) is 0 Å². The molecule has 2 aliphatic carbocycles. The van der Waals surface area contributed by atoms with Gasteiger partial charge in [0.25, 0.3) is 0 Å². The lowest BCUT2D eigenvalue weighted by Crippen LogP contribution is -2.43. The van der Waals surface area contributed by atoms with E-state index in [9.17, 15) is 0 Å². The highest BCUT2D eigenvalue weighted by molar-refractivity contribution is 9.10. The molecule has 1 N–H and O–H groups in total. The van der Waals surface area contributed by atoms with Gasteiger partial charge in [-0.2, -0.15) is 0 Å². The van der Waals surface area contributed by atoms with Gasteiger partial charge in [0.05, 0.1) is 0 Å². The standard InChI is InChI=1S/C15H20BrN/c16-14-6-4-12(5-7-14)13-8-15(9-13)17-10-11-2-1-3-11/h4-7,11,13,15,17H,1-3,8-10H2. The molecule has 2 heteroatoms. The van der Waals surface area contributed by atoms with Crippen molar-refractivity contribution in [2.75, 3.05) is 6.54 Å². The fourth-order valence-electron chi connectivity index (χ4n) is 2.82. The fourth-order valence-corrected chi connectivity index (χ4v) is 3.09. The summed E-state index contributed by atoms with van der Waals surface area (Å²) in [5, 5.41) is 3.72. The van der Waals surface area contributed by atoms with E-state index in [4.69, 9.17) is 0 Å². The van der Waals surface area contributed by atoms with E-state index >= 15 is 0 Å². The summed E-state index contributed by atoms with van der Waals surface area (Å²) in [6, 6.07) is 9.62. The quantitative estimate of drug-likeness (QED) is 0.882. The summed E-state index contributed by atoms with van der Waals surface area (Å²) in [7, 11) is 0. The minimum atomic E-state index is 0.782. The second-order valence-electron chi connectivity index (χ2n) is 5.62. The Morgan fingerprint density at radius 3 is 2.41 bits per heavy atom. The summed E-state index contributed by atoms with van der Waals surface area (Å²) in [6.07, 6.45) is 7.02. The molecule has 2 fully saturated rings. The molecule has 0 saturated heterocycles. The van der Waals surface area contributed by atoms with Crippen LogP contribution in [0.1, 0.15) is 43.6 Å². The molecule has 0 heterocycles. The van der Waals surface area contributed by atoms with Crippen molar-refractivity contribution >= 4 is 15.9 Å². The van der Waals surface area contributed by atoms with Gasteiger partial charge in [-0.3, -0.25) is 0 Å². The summed E-state index contributed by atoms with van der Waals surface area (Å²) in [4.78, 5) is 0. The molecule has 0 unspecified atom stereocenters. The topological polar surface area (TPSA) is 12.0 Å². The fraction of sp³-hybridized carbons (Fsp3) is 0.600. The van der Waals surface area contributed by atoms with E-state index in [-0.39, 0.29) is 0 Å². The van der Waals surface area contributed by atoms with Crippen LogP contribution in [0.3, 0.4) is 0 Å². The number of halogens is 1. The van der Waals surface area contributed by atoms with Crippen LogP contribution in [-0.4, -0.2) is 12.6 Å². The van der Waals surface area contributed by atoms with Crippen LogP contribution in [0.5, 0.6) is 0 Å². The first-order valence-electron chi connectivity index (χ1n) is 6.80. The van der Waals surface area contributed by atoms with Crippen molar-refractivity contribution < 1.29 is 0 Å². The number of hydrogen-bond acceptors (Lipinski definition) is 1. The third kappa shape index (κ3) is 2.74. The lowest BCUT2D eigenvalue weighted by atomic mass is 9.75. The van der Waals surface area contributed by atoms with Gasteiger partial charge in [-0.1, -0.05) is 34.5 Å². The van der Waals surface area contributed by atoms with Crippen LogP contribution in [0.25, 0.3) is 0 Å². The van der Waals surface area contributed by atoms with Crippen LogP contribution in [-0.2, 0) is 0 Å². The lowest BCUT2D eigenvalue weighted by molar-refractivity contribution is 0.237. The van der Waals surface area contributed by atoms with Crippen molar-refractivity contribution in [3.63, 3.8) is 0 Å². The second kappa shape index (κ2) is 5.11. The summed E-state index contributed by atoms with van der Waals surface area (Å²) >= 11 is 3.49. The first-order valence-corrected chi connectivity index (χ1v) is 7.59. The van der Waals surface area contributed by atoms with Gasteiger partial charge in [-0.05, 0) is 61.8 Å². The molecule has 2 saturated carbocycles. The van der Waals surface area contributed by atoms with Crippen molar-refractivity contribution in [1.82, 2.24) is 5.32 Å². The van der Waals surface area contributed by atoms with Crippen LogP contribution in [0, 0.1) is 5.92 Å². The third-order valence-corrected chi connectivity index (χ3v) is 4.93. The molecular weight excluding hydrogens is 274 g/mol. The van der Waals surface area contributed by atoms with E-state index < -0.39 is 0 Å². The first-order chi connectivity index (χ1) is 8.31. The third-order valence-electron chi connectivity index (χ3n) is 4.40. The predicted octanol–water partition coefficient (Wildman–Crippen LogP) is 4.08. The van der Waals surface area contributed by atoms with E-state index in [1.165, 1.54) is 48.7 Å². The zero-order valence-corrected chi connectivity index (χ0v) is 11.7. The van der Waals surface area contributed by atoms with Crippen molar-refractivity contribution in [1.29, 1.82) is 0 Å². The highest BCUT2D eigenvalue weighted by Crippen LogP contribution is 2.37. The minimum absolute atomic E-state index is 0.782. The van der Waals surface area contributed by atoms with Gasteiger partial charge in [0, 0.05) is 10.5 Å². The average Bonchev–Trinajstić information content (AvgIpc) is 2.21. The van der Waals surface area contributed by atoms with Crippen LogP contribution in [0.4, 0.5) is 0 Å². The molecule has 17 heavy (non-hydrogen) atoms. The molecule has 0 bridgehead atoms. The maximum Gasteiger partial charge on any atom is 0.0175 e. The zero-order chi connectivity index (χ0) is 11.7. The van der Waals surface area contributed by atoms with Gasteiger partial charge in [0.15, 0.2) is 0 Å². The SMILES string of the molecule is Brc1ccc(C2CC(NCC3CCC3)C2)cc1. The highest BCUT2D eigenvalue weighted by Gasteiger charge is 2.30. The normalized spacial score (nSPS) is 28.5. The molecular formula is C15H20BrN. The number of rotatable bonds is 4. The second-order valence-corrected chi connectivity index (χ2v) is 6.54. The first kappa shape index (κ1) is 11.7. The summed E-state index contributed by atoms with van der Waals surface area (Å²) < 4.78 is 1.18. The maximum atomic E-state index is 3.72. The van der Waals surface area contributed by atoms with Gasteiger partial charge in [0.2, 0.25) is 0 Å². The maximum absolute atomic E-state index is 3.72. The Bertz CT molecular complexity index is 363. The van der Waals surface area contributed by atoms with Crippen molar-refractivity contribution in [2.24, 2.45) is 5.92 Å². The Balaban J connectivity index is 1.42. The van der Waals surface area contributed by atoms with Gasteiger partial charge in [-0.25, -0.2) is 0 Å². The smallest absolute Gasteiger partial charge is 0.0175 e. The van der Waals surface area contributed by atoms with E-state index in [0.717, 1.165) is 17.9 Å². The molecule has 3 rings (SSSR count). The zero-order valence-electron chi connectivity index (χ0n) is 10.2. The Kier molecular flexibility index (Phi) is 3.53. The van der Waals surface area contributed by atoms with Gasteiger partial charge < -0.3 is 5.32 Å². The lowest BCUT2D eigenvalue weighted by Gasteiger charge is -2.38. The molecule has 0 radical (unpaired) electrons. The van der Waals surface area contributed by atoms with Gasteiger partial charge in [-0.15, -0.1) is 0 Å². The predicted molar refractivity (Wildman–Crippen MR) is 75.2 cm³/mol.